The van der Waals surface area contributed by atoms with Crippen molar-refractivity contribution in [3.8, 4) is 0 Å². The lowest BCUT2D eigenvalue weighted by molar-refractivity contribution is -0.153. The molecule has 14 heteroatoms. The van der Waals surface area contributed by atoms with E-state index in [2.05, 4.69) is 37.4 Å². The van der Waals surface area contributed by atoms with E-state index in [9.17, 15) is 14.0 Å². The van der Waals surface area contributed by atoms with Crippen molar-refractivity contribution in [3.05, 3.63) is 23.8 Å². The van der Waals surface area contributed by atoms with Crippen LogP contribution < -0.4 is 16.4 Å². The quantitative estimate of drug-likeness (QED) is 0.435. The molecule has 1 spiro atoms. The van der Waals surface area contributed by atoms with Crippen LogP contribution in [0.3, 0.4) is 0 Å². The SMILES string of the molecule is CC1(N2CCN(C(=O)C3CCN(C4C(NC(=O)c5c(N)nn6cc(F)cnc56)CNC5(CCCCCCCCC5)C4F)CC3)CC2)COC1. The fourth-order valence-electron chi connectivity index (χ4n) is 9.12. The van der Waals surface area contributed by atoms with Gasteiger partial charge in [0.15, 0.2) is 17.3 Å². The van der Waals surface area contributed by atoms with Crippen molar-refractivity contribution < 1.29 is 23.1 Å². The average Bonchev–Trinajstić information content (AvgIpc) is 3.43. The van der Waals surface area contributed by atoms with Crippen molar-refractivity contribution in [2.45, 2.75) is 107 Å². The van der Waals surface area contributed by atoms with Gasteiger partial charge in [-0.25, -0.2) is 18.3 Å². The second kappa shape index (κ2) is 14.4. The predicted molar refractivity (Wildman–Crippen MR) is 181 cm³/mol. The molecule has 0 aromatic carbocycles. The number of likely N-dealkylation sites (tertiary alicyclic amines) is 1. The number of fused-ring (bicyclic) bond motifs is 1. The van der Waals surface area contributed by atoms with Crippen LogP contribution in [0.4, 0.5) is 14.6 Å². The molecule has 270 valence electrons. The summed E-state index contributed by atoms with van der Waals surface area (Å²) in [6.45, 7) is 8.45. The molecule has 2 amide bonds. The molecule has 3 atom stereocenters. The van der Waals surface area contributed by atoms with Crippen LogP contribution in [0.5, 0.6) is 0 Å². The van der Waals surface area contributed by atoms with Crippen LogP contribution in [-0.2, 0) is 9.53 Å². The van der Waals surface area contributed by atoms with Gasteiger partial charge in [0.1, 0.15) is 11.7 Å². The highest BCUT2D eigenvalue weighted by molar-refractivity contribution is 6.04. The van der Waals surface area contributed by atoms with Crippen molar-refractivity contribution in [3.63, 3.8) is 0 Å². The molecule has 5 aliphatic rings. The van der Waals surface area contributed by atoms with E-state index in [1.807, 2.05) is 4.90 Å². The van der Waals surface area contributed by atoms with Crippen LogP contribution in [0, 0.1) is 11.7 Å². The van der Waals surface area contributed by atoms with Gasteiger partial charge in [0.2, 0.25) is 5.91 Å². The van der Waals surface area contributed by atoms with Gasteiger partial charge < -0.3 is 26.0 Å². The highest BCUT2D eigenvalue weighted by atomic mass is 19.1. The number of piperazine rings is 1. The van der Waals surface area contributed by atoms with Crippen molar-refractivity contribution in [1.29, 1.82) is 0 Å². The first kappa shape index (κ1) is 34.5. The number of hydrogen-bond donors (Lipinski definition) is 3. The number of nitrogens with zero attached hydrogens (tertiary/aromatic N) is 6. The number of nitrogens with two attached hydrogens (primary N) is 1. The molecule has 1 saturated carbocycles. The smallest absolute Gasteiger partial charge is 0.259 e. The standard InChI is InChI=1S/C35H53F2N9O3/c1-34(22-49-23-34)45-17-15-44(16-18-45)33(48)24-9-13-43(14-10-24)28-26(20-40-35(29(28)37)11-7-5-3-2-4-6-8-12-35)41-32(47)27-30(38)42-46-21-25(36)19-39-31(27)46/h19,21,24,26,28-29,40H,2-18,20,22-23H2,1H3,(H2,38,42)(H,41,47). The zero-order valence-electron chi connectivity index (χ0n) is 28.8. The van der Waals surface area contributed by atoms with E-state index < -0.39 is 35.5 Å². The Hall–Kier alpha value is -2.94. The molecule has 4 saturated heterocycles. The molecule has 12 nitrogen and oxygen atoms in total. The van der Waals surface area contributed by atoms with Gasteiger partial charge in [-0.05, 0) is 45.7 Å². The third-order valence-corrected chi connectivity index (χ3v) is 12.2. The lowest BCUT2D eigenvalue weighted by atomic mass is 9.73. The summed E-state index contributed by atoms with van der Waals surface area (Å²) in [5.41, 5.74) is 5.75. The molecular weight excluding hydrogens is 632 g/mol. The van der Waals surface area contributed by atoms with Crippen LogP contribution in [0.2, 0.25) is 0 Å². The van der Waals surface area contributed by atoms with E-state index in [0.29, 0.717) is 32.5 Å². The molecule has 2 aromatic heterocycles. The zero-order valence-corrected chi connectivity index (χ0v) is 28.8. The molecule has 7 rings (SSSR count). The number of carbonyl (C=O) groups is 2. The van der Waals surface area contributed by atoms with E-state index in [-0.39, 0.29) is 34.4 Å². The largest absolute Gasteiger partial charge is 0.381 e. The maximum Gasteiger partial charge on any atom is 0.259 e. The summed E-state index contributed by atoms with van der Waals surface area (Å²) < 4.78 is 37.9. The maximum absolute atomic E-state index is 17.4. The van der Waals surface area contributed by atoms with Crippen LogP contribution >= 0.6 is 0 Å². The molecule has 0 bridgehead atoms. The Morgan fingerprint density at radius 2 is 1.65 bits per heavy atom. The molecule has 4 aliphatic heterocycles. The fraction of sp³-hybridized carbons (Fsp3) is 0.771. The number of aromatic nitrogens is 3. The van der Waals surface area contributed by atoms with Crippen LogP contribution in [0.15, 0.2) is 12.4 Å². The molecule has 4 N–H and O–H groups in total. The molecule has 5 fully saturated rings. The van der Waals surface area contributed by atoms with Gasteiger partial charge >= 0.3 is 0 Å². The number of alkyl halides is 1. The summed E-state index contributed by atoms with van der Waals surface area (Å²) >= 11 is 0. The summed E-state index contributed by atoms with van der Waals surface area (Å²) in [7, 11) is 0. The molecule has 49 heavy (non-hydrogen) atoms. The topological polar surface area (TPSA) is 133 Å². The van der Waals surface area contributed by atoms with Gasteiger partial charge in [-0.15, -0.1) is 5.10 Å². The number of rotatable bonds is 5. The minimum Gasteiger partial charge on any atom is -0.381 e. The van der Waals surface area contributed by atoms with Crippen LogP contribution in [0.25, 0.3) is 5.65 Å². The minimum absolute atomic E-state index is 0.0522. The summed E-state index contributed by atoms with van der Waals surface area (Å²) in [4.78, 5) is 38.2. The molecule has 6 heterocycles. The van der Waals surface area contributed by atoms with Crippen molar-refractivity contribution >= 4 is 23.3 Å². The van der Waals surface area contributed by atoms with Gasteiger partial charge in [-0.1, -0.05) is 44.9 Å². The first-order chi connectivity index (χ1) is 23.7. The molecule has 2 aromatic rings. The highest BCUT2D eigenvalue weighted by Gasteiger charge is 2.52. The summed E-state index contributed by atoms with van der Waals surface area (Å²) in [6.07, 6.45) is 11.5. The number of amides is 2. The molecular formula is C35H53F2N9O3. The number of anilines is 1. The van der Waals surface area contributed by atoms with E-state index in [0.717, 1.165) is 94.8 Å². The van der Waals surface area contributed by atoms with Crippen molar-refractivity contribution in [2.24, 2.45) is 5.92 Å². The Kier molecular flexibility index (Phi) is 10.1. The predicted octanol–water partition coefficient (Wildman–Crippen LogP) is 2.77. The van der Waals surface area contributed by atoms with E-state index in [4.69, 9.17) is 10.5 Å². The number of nitrogens with one attached hydrogen (secondary N) is 2. The lowest BCUT2D eigenvalue weighted by Crippen LogP contribution is -2.73. The second-order valence-corrected chi connectivity index (χ2v) is 15.4. The number of ether oxygens (including phenoxy) is 1. The second-order valence-electron chi connectivity index (χ2n) is 15.4. The van der Waals surface area contributed by atoms with Crippen molar-refractivity contribution in [2.75, 3.05) is 64.8 Å². The highest BCUT2D eigenvalue weighted by Crippen LogP contribution is 2.38. The Bertz CT molecular complexity index is 1480. The third kappa shape index (κ3) is 6.90. The number of nitrogen functional groups attached to an aromatic ring is 1. The Morgan fingerprint density at radius 3 is 2.29 bits per heavy atom. The van der Waals surface area contributed by atoms with Gasteiger partial charge in [0.25, 0.3) is 5.91 Å². The fourth-order valence-corrected chi connectivity index (χ4v) is 9.12. The normalized spacial score (nSPS) is 29.0. The molecule has 3 unspecified atom stereocenters. The lowest BCUT2D eigenvalue weighted by Gasteiger charge is -2.53. The summed E-state index contributed by atoms with van der Waals surface area (Å²) in [6, 6.07) is -1.14. The first-order valence-corrected chi connectivity index (χ1v) is 18.5. The van der Waals surface area contributed by atoms with E-state index in [1.165, 1.54) is 19.3 Å². The molecule has 1 aliphatic carbocycles. The maximum atomic E-state index is 17.4. The van der Waals surface area contributed by atoms with Crippen molar-refractivity contribution in [1.82, 2.24) is 39.9 Å². The molecule has 0 radical (unpaired) electrons. The number of piperidine rings is 2. The first-order valence-electron chi connectivity index (χ1n) is 18.5. The minimum atomic E-state index is -1.23. The van der Waals surface area contributed by atoms with Crippen LogP contribution in [0.1, 0.15) is 87.9 Å². The average molecular weight is 686 g/mol. The zero-order chi connectivity index (χ0) is 34.2. The van der Waals surface area contributed by atoms with Gasteiger partial charge in [0.05, 0.1) is 48.8 Å². The number of hydrogen-bond acceptors (Lipinski definition) is 9. The Morgan fingerprint density at radius 1 is 1.00 bits per heavy atom. The van der Waals surface area contributed by atoms with Gasteiger partial charge in [-0.3, -0.25) is 19.4 Å². The van der Waals surface area contributed by atoms with Gasteiger partial charge in [0, 0.05) is 38.6 Å². The number of carbonyl (C=O) groups excluding carboxylic acids is 2. The summed E-state index contributed by atoms with van der Waals surface area (Å²) in [5.74, 6) is -1.06. The third-order valence-electron chi connectivity index (χ3n) is 12.2. The van der Waals surface area contributed by atoms with Crippen LogP contribution in [-0.4, -0.2) is 129 Å². The van der Waals surface area contributed by atoms with E-state index in [1.54, 1.807) is 0 Å². The Labute approximate surface area is 287 Å². The van der Waals surface area contributed by atoms with Gasteiger partial charge in [-0.2, -0.15) is 0 Å². The number of halogens is 2. The monoisotopic (exact) mass is 685 g/mol. The Balaban J connectivity index is 1.06. The van der Waals surface area contributed by atoms with E-state index >= 15 is 4.39 Å². The summed E-state index contributed by atoms with van der Waals surface area (Å²) in [5, 5.41) is 10.8.